The quantitative estimate of drug-likeness (QED) is 0.237. The van der Waals surface area contributed by atoms with Gasteiger partial charge in [0, 0.05) is 0 Å². The second-order valence-corrected chi connectivity index (χ2v) is 17.2. The molecule has 3 rings (SSSR count). The van der Waals surface area contributed by atoms with E-state index >= 15 is 0 Å². The molecule has 1 fully saturated rings. The van der Waals surface area contributed by atoms with Gasteiger partial charge in [0.1, 0.15) is 17.8 Å². The number of amides is 1. The van der Waals surface area contributed by atoms with Crippen LogP contribution in [0.15, 0.2) is 60.7 Å². The van der Waals surface area contributed by atoms with Crippen LogP contribution < -0.4 is 15.7 Å². The molecule has 1 aliphatic heterocycles. The fraction of sp³-hybridized carbons (Fsp3) is 0.548. The number of alkyl carbamates (subject to hydrolysis) is 1. The number of esters is 1. The molecule has 42 heavy (non-hydrogen) atoms. The average Bonchev–Trinajstić information content (AvgIpc) is 2.91. The van der Waals surface area contributed by atoms with E-state index < -0.39 is 60.8 Å². The molecule has 3 N–H and O–H groups in total. The van der Waals surface area contributed by atoms with Gasteiger partial charge in [-0.2, -0.15) is 0 Å². The van der Waals surface area contributed by atoms with Crippen LogP contribution in [0.3, 0.4) is 0 Å². The maximum Gasteiger partial charge on any atom is 0.410 e. The number of hydrogen-bond acceptors (Lipinski definition) is 9. The molecule has 4 atom stereocenters. The molecule has 0 unspecified atom stereocenters. The molecular weight excluding hydrogens is 558 g/mol. The summed E-state index contributed by atoms with van der Waals surface area (Å²) >= 11 is 0. The normalized spacial score (nSPS) is 22.5. The minimum Gasteiger partial charge on any atom is -0.467 e. The predicted molar refractivity (Wildman–Crippen MR) is 160 cm³/mol. The van der Waals surface area contributed by atoms with Crippen LogP contribution in [-0.2, 0) is 28.2 Å². The number of hydrogen-bond donors (Lipinski definition) is 3. The van der Waals surface area contributed by atoms with Gasteiger partial charge in [0.05, 0.1) is 13.7 Å². The van der Waals surface area contributed by atoms with Crippen molar-refractivity contribution in [2.24, 2.45) is 0 Å². The molecule has 0 bridgehead atoms. The van der Waals surface area contributed by atoms with Crippen LogP contribution in [0.4, 0.5) is 4.79 Å². The van der Waals surface area contributed by atoms with Gasteiger partial charge in [-0.3, -0.25) is 5.32 Å². The highest BCUT2D eigenvalue weighted by Crippen LogP contribution is 2.43. The number of carbonyl (C=O) groups excluding carboxylic acids is 2. The molecule has 10 nitrogen and oxygen atoms in total. The lowest BCUT2D eigenvalue weighted by Gasteiger charge is -2.55. The summed E-state index contributed by atoms with van der Waals surface area (Å²) in [6.07, 6.45) is -6.29. The van der Waals surface area contributed by atoms with Crippen molar-refractivity contribution in [3.05, 3.63) is 60.7 Å². The van der Waals surface area contributed by atoms with Crippen LogP contribution in [0.5, 0.6) is 0 Å². The van der Waals surface area contributed by atoms with Gasteiger partial charge in [0.25, 0.3) is 8.32 Å². The lowest BCUT2D eigenvalue weighted by Crippen LogP contribution is -2.79. The molecule has 11 heteroatoms. The predicted octanol–water partition coefficient (Wildman–Crippen LogP) is 2.83. The Kier molecular flexibility index (Phi) is 9.98. The standard InChI is InChI=1S/C31H45NO9Si/c1-28(2,3)40-27(36)32-31(20-38-30(7,8)39-25(31)23(33)24(34)26(35)37-9)41-42(29(4,5)6,21-16-12-10-13-17-21)22-18-14-11-15-19-22/h10-19,23-25,33-34H,20H2,1-9H3,(H,32,36)/t23-,24-,25-,31-/m1/s1. The van der Waals surface area contributed by atoms with Crippen molar-refractivity contribution in [1.82, 2.24) is 5.32 Å². The van der Waals surface area contributed by atoms with Crippen LogP contribution >= 0.6 is 0 Å². The molecule has 0 saturated carbocycles. The van der Waals surface area contributed by atoms with Crippen molar-refractivity contribution in [3.8, 4) is 0 Å². The third kappa shape index (κ3) is 7.21. The zero-order chi connectivity index (χ0) is 31.6. The Bertz CT molecular complexity index is 1170. The zero-order valence-electron chi connectivity index (χ0n) is 26.0. The van der Waals surface area contributed by atoms with E-state index in [1.165, 1.54) is 0 Å². The summed E-state index contributed by atoms with van der Waals surface area (Å²) in [7, 11) is -2.38. The van der Waals surface area contributed by atoms with Gasteiger partial charge in [-0.25, -0.2) is 9.59 Å². The average molecular weight is 604 g/mol. The van der Waals surface area contributed by atoms with Crippen LogP contribution in [0.2, 0.25) is 5.04 Å². The third-order valence-electron chi connectivity index (χ3n) is 7.05. The van der Waals surface area contributed by atoms with Gasteiger partial charge in [0.15, 0.2) is 17.6 Å². The molecule has 1 heterocycles. The lowest BCUT2D eigenvalue weighted by molar-refractivity contribution is -0.352. The first-order chi connectivity index (χ1) is 19.4. The number of aliphatic hydroxyl groups is 2. The molecule has 232 valence electrons. The summed E-state index contributed by atoms with van der Waals surface area (Å²) in [5.74, 6) is -2.36. The molecule has 0 spiro atoms. The first kappa shape index (κ1) is 33.7. The van der Waals surface area contributed by atoms with E-state index in [-0.39, 0.29) is 6.61 Å². The molecule has 1 saturated heterocycles. The van der Waals surface area contributed by atoms with E-state index in [0.717, 1.165) is 17.5 Å². The minimum absolute atomic E-state index is 0.306. The molecular formula is C31H45NO9Si. The van der Waals surface area contributed by atoms with E-state index in [1.807, 2.05) is 81.4 Å². The molecule has 2 aromatic carbocycles. The third-order valence-corrected chi connectivity index (χ3v) is 12.1. The second kappa shape index (κ2) is 12.4. The van der Waals surface area contributed by atoms with E-state index in [4.69, 9.17) is 23.4 Å². The van der Waals surface area contributed by atoms with E-state index in [0.29, 0.717) is 0 Å². The first-order valence-electron chi connectivity index (χ1n) is 14.0. The fourth-order valence-electron chi connectivity index (χ4n) is 5.19. The SMILES string of the molecule is COC(=O)[C@H](O)[C@@H](O)[C@H]1OC(C)(C)OC[C@@]1(NC(=O)OC(C)(C)C)O[Si](c1ccccc1)(c1ccccc1)C(C)(C)C. The summed E-state index contributed by atoms with van der Waals surface area (Å²) in [5, 5.41) is 26.3. The maximum atomic E-state index is 13.5. The van der Waals surface area contributed by atoms with Gasteiger partial charge < -0.3 is 33.6 Å². The van der Waals surface area contributed by atoms with E-state index in [1.54, 1.807) is 34.6 Å². The number of benzene rings is 2. The number of methoxy groups -OCH3 is 1. The number of nitrogens with one attached hydrogen (secondary N) is 1. The summed E-state index contributed by atoms with van der Waals surface area (Å²) < 4.78 is 30.0. The fourth-order valence-corrected chi connectivity index (χ4v) is 9.89. The van der Waals surface area contributed by atoms with Gasteiger partial charge in [-0.1, -0.05) is 81.4 Å². The van der Waals surface area contributed by atoms with Crippen molar-refractivity contribution >= 4 is 30.8 Å². The Morgan fingerprint density at radius 1 is 0.952 bits per heavy atom. The summed E-state index contributed by atoms with van der Waals surface area (Å²) in [5.41, 5.74) is -2.82. The topological polar surface area (TPSA) is 133 Å². The molecule has 2 aromatic rings. The molecule has 0 aromatic heterocycles. The molecule has 0 aliphatic carbocycles. The highest BCUT2D eigenvalue weighted by molar-refractivity contribution is 6.99. The highest BCUT2D eigenvalue weighted by atomic mass is 28.4. The second-order valence-electron chi connectivity index (χ2n) is 13.0. The minimum atomic E-state index is -3.48. The highest BCUT2D eigenvalue weighted by Gasteiger charge is 2.62. The van der Waals surface area contributed by atoms with Crippen molar-refractivity contribution in [3.63, 3.8) is 0 Å². The summed E-state index contributed by atoms with van der Waals surface area (Å²) in [4.78, 5) is 25.9. The Balaban J connectivity index is 2.35. The van der Waals surface area contributed by atoms with Crippen LogP contribution in [-0.4, -0.2) is 79.7 Å². The van der Waals surface area contributed by atoms with Gasteiger partial charge in [0.2, 0.25) is 0 Å². The molecule has 0 radical (unpaired) electrons. The van der Waals surface area contributed by atoms with E-state index in [2.05, 4.69) is 5.32 Å². The van der Waals surface area contributed by atoms with Gasteiger partial charge >= 0.3 is 12.1 Å². The van der Waals surface area contributed by atoms with Crippen molar-refractivity contribution in [2.75, 3.05) is 13.7 Å². The Hall–Kier alpha value is -2.80. The largest absolute Gasteiger partial charge is 0.467 e. The maximum absolute atomic E-state index is 13.5. The summed E-state index contributed by atoms with van der Waals surface area (Å²) in [6, 6.07) is 19.3. The molecule has 1 aliphatic rings. The number of aliphatic hydroxyl groups excluding tert-OH is 2. The lowest BCUT2D eigenvalue weighted by atomic mass is 9.96. The number of carbonyl (C=O) groups is 2. The van der Waals surface area contributed by atoms with Crippen LogP contribution in [0.25, 0.3) is 0 Å². The smallest absolute Gasteiger partial charge is 0.410 e. The van der Waals surface area contributed by atoms with Crippen molar-refractivity contribution in [1.29, 1.82) is 0 Å². The zero-order valence-corrected chi connectivity index (χ0v) is 27.0. The van der Waals surface area contributed by atoms with Crippen molar-refractivity contribution < 1.29 is 43.2 Å². The van der Waals surface area contributed by atoms with Crippen LogP contribution in [0, 0.1) is 0 Å². The Morgan fingerprint density at radius 2 is 1.45 bits per heavy atom. The van der Waals surface area contributed by atoms with Gasteiger partial charge in [-0.05, 0) is 50.0 Å². The van der Waals surface area contributed by atoms with Crippen LogP contribution in [0.1, 0.15) is 55.4 Å². The van der Waals surface area contributed by atoms with Gasteiger partial charge in [-0.15, -0.1) is 0 Å². The monoisotopic (exact) mass is 603 g/mol. The number of ether oxygens (including phenoxy) is 4. The number of rotatable bonds is 8. The molecule has 1 amide bonds. The summed E-state index contributed by atoms with van der Waals surface area (Å²) in [6.45, 7) is 14.2. The Labute approximate surface area is 249 Å². The Morgan fingerprint density at radius 3 is 1.88 bits per heavy atom. The van der Waals surface area contributed by atoms with E-state index in [9.17, 15) is 19.8 Å². The van der Waals surface area contributed by atoms with Crippen molar-refractivity contribution in [2.45, 2.75) is 95.9 Å². The first-order valence-corrected chi connectivity index (χ1v) is 15.9.